The molecule has 3 rings (SSSR count). The largest absolute Gasteiger partial charge is 0.438 e. The van der Waals surface area contributed by atoms with Crippen molar-refractivity contribution < 1.29 is 14.3 Å². The molecule has 1 heterocycles. The lowest BCUT2D eigenvalue weighted by Crippen LogP contribution is -2.34. The monoisotopic (exact) mass is 322 g/mol. The van der Waals surface area contributed by atoms with E-state index >= 15 is 0 Å². The number of nitrogens with two attached hydrogens (primary N) is 1. The highest BCUT2D eigenvalue weighted by Gasteiger charge is 2.33. The molecule has 2 aromatic rings. The van der Waals surface area contributed by atoms with E-state index in [0.717, 1.165) is 22.3 Å². The molecule has 0 atom stereocenters. The van der Waals surface area contributed by atoms with Gasteiger partial charge >= 0.3 is 6.09 Å². The molecule has 2 aromatic carbocycles. The molecule has 0 radical (unpaired) electrons. The van der Waals surface area contributed by atoms with Crippen molar-refractivity contribution in [2.24, 2.45) is 5.73 Å². The van der Waals surface area contributed by atoms with E-state index in [0.29, 0.717) is 5.69 Å². The minimum Gasteiger partial charge on any atom is -0.438 e. The van der Waals surface area contributed by atoms with Gasteiger partial charge in [-0.3, -0.25) is 10.1 Å². The number of carbonyl (C=O) groups excluding carboxylic acids is 2. The lowest BCUT2D eigenvalue weighted by Gasteiger charge is -2.33. The molecule has 0 spiro atoms. The maximum Gasteiger partial charge on any atom is 0.412 e. The number of amides is 2. The number of fused-ring (bicyclic) bond motifs is 1. The van der Waals surface area contributed by atoms with Gasteiger partial charge in [-0.15, -0.1) is 0 Å². The molecule has 1 aliphatic rings. The summed E-state index contributed by atoms with van der Waals surface area (Å²) in [4.78, 5) is 23.1. The Bertz CT molecular complexity index is 839. The van der Waals surface area contributed by atoms with E-state index in [9.17, 15) is 9.59 Å². The molecular weight excluding hydrogens is 304 g/mol. The van der Waals surface area contributed by atoms with Crippen LogP contribution in [-0.2, 0) is 15.1 Å². The van der Waals surface area contributed by atoms with Crippen molar-refractivity contribution in [3.05, 3.63) is 71.3 Å². The third kappa shape index (κ3) is 3.01. The first-order valence-corrected chi connectivity index (χ1v) is 7.58. The van der Waals surface area contributed by atoms with E-state index in [1.807, 2.05) is 62.4 Å². The number of hydrogen-bond donors (Lipinski definition) is 2. The molecule has 0 fully saturated rings. The van der Waals surface area contributed by atoms with Crippen molar-refractivity contribution >= 4 is 23.3 Å². The average molecular weight is 322 g/mol. The summed E-state index contributed by atoms with van der Waals surface area (Å²) in [5, 5.41) is 2.69. The second-order valence-corrected chi connectivity index (χ2v) is 6.11. The van der Waals surface area contributed by atoms with Gasteiger partial charge in [0, 0.05) is 11.6 Å². The lowest BCUT2D eigenvalue weighted by atomic mass is 9.89. The van der Waals surface area contributed by atoms with Crippen molar-refractivity contribution in [1.29, 1.82) is 0 Å². The Hall–Kier alpha value is -3.08. The molecule has 5 nitrogen and oxygen atoms in total. The van der Waals surface area contributed by atoms with Gasteiger partial charge in [0.15, 0.2) is 0 Å². The molecule has 0 saturated heterocycles. The summed E-state index contributed by atoms with van der Waals surface area (Å²) >= 11 is 0. The highest BCUT2D eigenvalue weighted by Crippen LogP contribution is 2.38. The fraction of sp³-hybridized carbons (Fsp3) is 0.158. The number of rotatable bonds is 3. The molecule has 3 N–H and O–H groups in total. The average Bonchev–Trinajstić information content (AvgIpc) is 2.52. The Kier molecular flexibility index (Phi) is 3.85. The summed E-state index contributed by atoms with van der Waals surface area (Å²) in [5.74, 6) is -0.518. The molecular formula is C19H18N2O3. The molecule has 24 heavy (non-hydrogen) atoms. The lowest BCUT2D eigenvalue weighted by molar-refractivity contribution is -0.113. The molecule has 0 aliphatic carbocycles. The Morgan fingerprint density at radius 1 is 1.12 bits per heavy atom. The minimum absolute atomic E-state index is 0.476. The quantitative estimate of drug-likeness (QED) is 0.850. The van der Waals surface area contributed by atoms with Crippen LogP contribution in [0.25, 0.3) is 5.57 Å². The standard InChI is InChI=1S/C19H18N2O3/c1-19(2)15-10-13(8-9-16(15)21-18(23)24-19)14(11-17(20)22)12-6-4-3-5-7-12/h3-11H,1-2H3,(H2,20,22)(H,21,23)/b14-11+. The number of benzene rings is 2. The summed E-state index contributed by atoms with van der Waals surface area (Å²) in [6, 6.07) is 15.1. The molecule has 1 aliphatic heterocycles. The molecule has 122 valence electrons. The van der Waals surface area contributed by atoms with Gasteiger partial charge in [0.1, 0.15) is 5.60 Å². The first kappa shape index (κ1) is 15.8. The second kappa shape index (κ2) is 5.85. The first-order chi connectivity index (χ1) is 11.4. The van der Waals surface area contributed by atoms with Crippen LogP contribution in [-0.4, -0.2) is 12.0 Å². The van der Waals surface area contributed by atoms with Gasteiger partial charge in [-0.2, -0.15) is 0 Å². The molecule has 0 aromatic heterocycles. The van der Waals surface area contributed by atoms with Crippen molar-refractivity contribution in [2.45, 2.75) is 19.4 Å². The zero-order valence-corrected chi connectivity index (χ0v) is 13.5. The Balaban J connectivity index is 2.14. The minimum atomic E-state index is -0.762. The summed E-state index contributed by atoms with van der Waals surface area (Å²) in [6.45, 7) is 3.66. The van der Waals surface area contributed by atoms with Crippen LogP contribution in [0.1, 0.15) is 30.5 Å². The van der Waals surface area contributed by atoms with Crippen LogP contribution in [0, 0.1) is 0 Å². The summed E-state index contributed by atoms with van der Waals surface area (Å²) in [7, 11) is 0. The van der Waals surface area contributed by atoms with E-state index in [2.05, 4.69) is 5.32 Å². The number of ether oxygens (including phenoxy) is 1. The Labute approximate surface area is 140 Å². The van der Waals surface area contributed by atoms with E-state index in [1.54, 1.807) is 0 Å². The highest BCUT2D eigenvalue weighted by atomic mass is 16.6. The second-order valence-electron chi connectivity index (χ2n) is 6.11. The van der Waals surface area contributed by atoms with E-state index in [-0.39, 0.29) is 0 Å². The van der Waals surface area contributed by atoms with Gasteiger partial charge in [-0.1, -0.05) is 36.4 Å². The van der Waals surface area contributed by atoms with Crippen LogP contribution < -0.4 is 11.1 Å². The van der Waals surface area contributed by atoms with Crippen LogP contribution in [0.2, 0.25) is 0 Å². The van der Waals surface area contributed by atoms with Gasteiger partial charge in [-0.05, 0) is 42.7 Å². The third-order valence-corrected chi connectivity index (χ3v) is 3.94. The van der Waals surface area contributed by atoms with Crippen LogP contribution in [0.4, 0.5) is 10.5 Å². The SMILES string of the molecule is CC1(C)OC(=O)Nc2ccc(/C(=C/C(N)=O)c3ccccc3)cc21. The van der Waals surface area contributed by atoms with Gasteiger partial charge in [-0.25, -0.2) is 4.79 Å². The summed E-state index contributed by atoms with van der Waals surface area (Å²) in [5.41, 5.74) is 8.59. The van der Waals surface area contributed by atoms with Gasteiger partial charge < -0.3 is 10.5 Å². The van der Waals surface area contributed by atoms with Crippen LogP contribution in [0.15, 0.2) is 54.6 Å². The number of anilines is 1. The predicted molar refractivity (Wildman–Crippen MR) is 92.3 cm³/mol. The first-order valence-electron chi connectivity index (χ1n) is 7.58. The summed E-state index contributed by atoms with van der Waals surface area (Å²) in [6.07, 6.45) is 0.933. The van der Waals surface area contributed by atoms with Crippen molar-refractivity contribution in [2.75, 3.05) is 5.32 Å². The normalized spacial score (nSPS) is 15.9. The maximum absolute atomic E-state index is 11.6. The zero-order valence-electron chi connectivity index (χ0n) is 13.5. The fourth-order valence-electron chi connectivity index (χ4n) is 2.83. The Morgan fingerprint density at radius 3 is 2.50 bits per heavy atom. The van der Waals surface area contributed by atoms with E-state index in [1.165, 1.54) is 6.08 Å². The van der Waals surface area contributed by atoms with Gasteiger partial charge in [0.2, 0.25) is 5.91 Å². The molecule has 0 unspecified atom stereocenters. The van der Waals surface area contributed by atoms with E-state index in [4.69, 9.17) is 10.5 Å². The zero-order chi connectivity index (χ0) is 17.3. The van der Waals surface area contributed by atoms with Crippen molar-refractivity contribution in [3.63, 3.8) is 0 Å². The van der Waals surface area contributed by atoms with Crippen LogP contribution >= 0.6 is 0 Å². The predicted octanol–water partition coefficient (Wildman–Crippen LogP) is 3.40. The third-order valence-electron chi connectivity index (χ3n) is 3.94. The van der Waals surface area contributed by atoms with E-state index < -0.39 is 17.6 Å². The van der Waals surface area contributed by atoms with Gasteiger partial charge in [0.25, 0.3) is 0 Å². The Morgan fingerprint density at radius 2 is 1.83 bits per heavy atom. The molecule has 0 bridgehead atoms. The van der Waals surface area contributed by atoms with Crippen LogP contribution in [0.5, 0.6) is 0 Å². The maximum atomic E-state index is 11.6. The number of primary amides is 1. The molecule has 2 amide bonds. The summed E-state index contributed by atoms with van der Waals surface area (Å²) < 4.78 is 5.36. The number of hydrogen-bond acceptors (Lipinski definition) is 3. The number of nitrogens with one attached hydrogen (secondary N) is 1. The molecule has 5 heteroatoms. The van der Waals surface area contributed by atoms with Crippen molar-refractivity contribution in [3.8, 4) is 0 Å². The smallest absolute Gasteiger partial charge is 0.412 e. The number of carbonyl (C=O) groups is 2. The molecule has 0 saturated carbocycles. The number of cyclic esters (lactones) is 1. The topological polar surface area (TPSA) is 81.4 Å². The fourth-order valence-corrected chi connectivity index (χ4v) is 2.83. The van der Waals surface area contributed by atoms with Crippen molar-refractivity contribution in [1.82, 2.24) is 0 Å². The van der Waals surface area contributed by atoms with Gasteiger partial charge in [0.05, 0.1) is 5.69 Å². The van der Waals surface area contributed by atoms with Crippen LogP contribution in [0.3, 0.4) is 0 Å². The highest BCUT2D eigenvalue weighted by molar-refractivity contribution is 5.99.